The van der Waals surface area contributed by atoms with Crippen LogP contribution in [0.3, 0.4) is 0 Å². The maximum atomic E-state index is 5.98. The molecule has 5 heteroatoms. The first-order valence-corrected chi connectivity index (χ1v) is 5.01. The number of aryl methyl sites for hydroxylation is 1. The van der Waals surface area contributed by atoms with Crippen LogP contribution >= 0.6 is 34.8 Å². The molecular weight excluding hydrogens is 242 g/mol. The molecule has 72 valence electrons. The zero-order chi connectivity index (χ0) is 10.3. The predicted octanol–water partition coefficient (Wildman–Crippen LogP) is 3.90. The van der Waals surface area contributed by atoms with Crippen LogP contribution in [0.2, 0.25) is 15.5 Å². The molecule has 2 aromatic rings. The molecule has 2 rings (SSSR count). The highest BCUT2D eigenvalue weighted by atomic mass is 35.5. The highest BCUT2D eigenvalue weighted by molar-refractivity contribution is 6.42. The van der Waals surface area contributed by atoms with Gasteiger partial charge in [-0.3, -0.25) is 0 Å². The minimum absolute atomic E-state index is 0.132. The smallest absolute Gasteiger partial charge is 0.217 e. The summed E-state index contributed by atoms with van der Waals surface area (Å²) in [7, 11) is 0. The third-order valence-electron chi connectivity index (χ3n) is 1.93. The van der Waals surface area contributed by atoms with E-state index >= 15 is 0 Å². The number of nitrogens with zero attached hydrogens (tertiary/aromatic N) is 2. The quantitative estimate of drug-likeness (QED) is 0.521. The fraction of sp³-hybridized carbons (Fsp3) is 0.111. The van der Waals surface area contributed by atoms with Gasteiger partial charge in [-0.05, 0) is 30.2 Å². The molecule has 0 saturated heterocycles. The van der Waals surface area contributed by atoms with Gasteiger partial charge < -0.3 is 0 Å². The summed E-state index contributed by atoms with van der Waals surface area (Å²) in [5, 5.41) is 1.60. The molecule has 0 unspecified atom stereocenters. The fourth-order valence-electron chi connectivity index (χ4n) is 1.27. The summed E-state index contributed by atoms with van der Waals surface area (Å²) in [6, 6.07) is 3.63. The van der Waals surface area contributed by atoms with Crippen molar-refractivity contribution in [3.63, 3.8) is 0 Å². The van der Waals surface area contributed by atoms with Crippen LogP contribution in [0.15, 0.2) is 12.1 Å². The predicted molar refractivity (Wildman–Crippen MR) is 59.3 cm³/mol. The van der Waals surface area contributed by atoms with E-state index < -0.39 is 0 Å². The number of hydrogen-bond acceptors (Lipinski definition) is 2. The Bertz CT molecular complexity index is 511. The zero-order valence-corrected chi connectivity index (χ0v) is 9.45. The molecule has 0 saturated carbocycles. The van der Waals surface area contributed by atoms with Gasteiger partial charge in [0.15, 0.2) is 0 Å². The summed E-state index contributed by atoms with van der Waals surface area (Å²) >= 11 is 17.6. The third kappa shape index (κ3) is 1.54. The Morgan fingerprint density at radius 2 is 1.79 bits per heavy atom. The summed E-state index contributed by atoms with van der Waals surface area (Å²) in [6.45, 7) is 1.92. The van der Waals surface area contributed by atoms with E-state index in [0.717, 1.165) is 5.56 Å². The minimum atomic E-state index is 0.132. The fourth-order valence-corrected chi connectivity index (χ4v) is 2.04. The average molecular weight is 248 g/mol. The second kappa shape index (κ2) is 3.54. The number of rotatable bonds is 0. The average Bonchev–Trinajstić information content (AvgIpc) is 2.10. The number of aromatic nitrogens is 2. The van der Waals surface area contributed by atoms with E-state index in [9.17, 15) is 0 Å². The van der Waals surface area contributed by atoms with Crippen molar-refractivity contribution in [3.05, 3.63) is 33.2 Å². The van der Waals surface area contributed by atoms with Gasteiger partial charge in [-0.15, -0.1) is 0 Å². The molecule has 1 heterocycles. The first-order valence-electron chi connectivity index (χ1n) is 3.87. The van der Waals surface area contributed by atoms with Gasteiger partial charge in [0.25, 0.3) is 0 Å². The summed E-state index contributed by atoms with van der Waals surface area (Å²) in [6.07, 6.45) is 0. The van der Waals surface area contributed by atoms with Crippen molar-refractivity contribution < 1.29 is 0 Å². The molecule has 14 heavy (non-hydrogen) atoms. The molecule has 0 N–H and O–H groups in total. The lowest BCUT2D eigenvalue weighted by atomic mass is 10.1. The first kappa shape index (κ1) is 9.97. The van der Waals surface area contributed by atoms with Crippen LogP contribution in [0.4, 0.5) is 0 Å². The van der Waals surface area contributed by atoms with Crippen molar-refractivity contribution >= 4 is 45.7 Å². The van der Waals surface area contributed by atoms with E-state index in [1.165, 1.54) is 0 Å². The molecular formula is C9H5Cl3N2. The first-order chi connectivity index (χ1) is 6.59. The highest BCUT2D eigenvalue weighted by Gasteiger charge is 2.09. The van der Waals surface area contributed by atoms with Gasteiger partial charge in [0.2, 0.25) is 5.28 Å². The number of fused-ring (bicyclic) bond motifs is 1. The molecule has 0 amide bonds. The summed E-state index contributed by atoms with van der Waals surface area (Å²) < 4.78 is 0. The standard InChI is InChI=1S/C9H5Cl3N2/c1-4-2-3-5(10)6-7(4)13-9(12)14-8(6)11/h2-3H,1H3. The highest BCUT2D eigenvalue weighted by Crippen LogP contribution is 2.30. The summed E-state index contributed by atoms with van der Waals surface area (Å²) in [5.41, 5.74) is 1.66. The van der Waals surface area contributed by atoms with Crippen molar-refractivity contribution in [3.8, 4) is 0 Å². The van der Waals surface area contributed by atoms with Gasteiger partial charge in [-0.25, -0.2) is 9.97 Å². The van der Waals surface area contributed by atoms with Gasteiger partial charge in [0, 0.05) is 0 Å². The lowest BCUT2D eigenvalue weighted by Gasteiger charge is -2.04. The van der Waals surface area contributed by atoms with Crippen molar-refractivity contribution in [1.29, 1.82) is 0 Å². The number of halogens is 3. The maximum absolute atomic E-state index is 5.98. The van der Waals surface area contributed by atoms with E-state index in [4.69, 9.17) is 34.8 Å². The molecule has 0 aliphatic rings. The van der Waals surface area contributed by atoms with Crippen LogP contribution in [-0.4, -0.2) is 9.97 Å². The van der Waals surface area contributed by atoms with Crippen LogP contribution in [-0.2, 0) is 0 Å². The van der Waals surface area contributed by atoms with E-state index in [2.05, 4.69) is 9.97 Å². The molecule has 0 aliphatic carbocycles. The Balaban J connectivity index is 3.00. The Morgan fingerprint density at radius 1 is 1.07 bits per heavy atom. The Hall–Kier alpha value is -0.570. The summed E-state index contributed by atoms with van der Waals surface area (Å²) in [4.78, 5) is 7.92. The van der Waals surface area contributed by atoms with Gasteiger partial charge in [0.1, 0.15) is 5.15 Å². The van der Waals surface area contributed by atoms with Crippen LogP contribution < -0.4 is 0 Å². The maximum Gasteiger partial charge on any atom is 0.224 e. The molecule has 2 nitrogen and oxygen atoms in total. The topological polar surface area (TPSA) is 25.8 Å². The number of benzene rings is 1. The van der Waals surface area contributed by atoms with Crippen LogP contribution in [0, 0.1) is 6.92 Å². The summed E-state index contributed by atoms with van der Waals surface area (Å²) in [5.74, 6) is 0. The second-order valence-electron chi connectivity index (χ2n) is 2.87. The Kier molecular flexibility index (Phi) is 2.52. The molecule has 0 radical (unpaired) electrons. The van der Waals surface area contributed by atoms with Crippen molar-refractivity contribution in [1.82, 2.24) is 9.97 Å². The molecule has 0 atom stereocenters. The SMILES string of the molecule is Cc1ccc(Cl)c2c(Cl)nc(Cl)nc12. The van der Waals surface area contributed by atoms with Crippen molar-refractivity contribution in [2.45, 2.75) is 6.92 Å². The van der Waals surface area contributed by atoms with Gasteiger partial charge in [-0.1, -0.05) is 29.3 Å². The molecule has 0 fully saturated rings. The van der Waals surface area contributed by atoms with E-state index in [1.807, 2.05) is 13.0 Å². The van der Waals surface area contributed by atoms with Gasteiger partial charge >= 0.3 is 0 Å². The largest absolute Gasteiger partial charge is 0.224 e. The monoisotopic (exact) mass is 246 g/mol. The molecule has 1 aromatic carbocycles. The Labute approximate surface area is 95.8 Å². The van der Waals surface area contributed by atoms with Crippen molar-refractivity contribution in [2.24, 2.45) is 0 Å². The van der Waals surface area contributed by atoms with Crippen LogP contribution in [0.1, 0.15) is 5.56 Å². The lowest BCUT2D eigenvalue weighted by molar-refractivity contribution is 1.21. The number of hydrogen-bond donors (Lipinski definition) is 0. The second-order valence-corrected chi connectivity index (χ2v) is 3.97. The van der Waals surface area contributed by atoms with Crippen LogP contribution in [0.25, 0.3) is 10.9 Å². The van der Waals surface area contributed by atoms with E-state index in [1.54, 1.807) is 6.07 Å². The zero-order valence-electron chi connectivity index (χ0n) is 7.18. The minimum Gasteiger partial charge on any atom is -0.217 e. The van der Waals surface area contributed by atoms with E-state index in [-0.39, 0.29) is 10.4 Å². The van der Waals surface area contributed by atoms with Gasteiger partial charge in [0.05, 0.1) is 15.9 Å². The molecule has 0 bridgehead atoms. The van der Waals surface area contributed by atoms with Crippen LogP contribution in [0.5, 0.6) is 0 Å². The molecule has 0 aliphatic heterocycles. The molecule has 0 spiro atoms. The third-order valence-corrected chi connectivity index (χ3v) is 2.69. The molecule has 1 aromatic heterocycles. The van der Waals surface area contributed by atoms with E-state index in [0.29, 0.717) is 15.9 Å². The van der Waals surface area contributed by atoms with Crippen molar-refractivity contribution in [2.75, 3.05) is 0 Å². The lowest BCUT2D eigenvalue weighted by Crippen LogP contribution is -1.90. The van der Waals surface area contributed by atoms with Gasteiger partial charge in [-0.2, -0.15) is 0 Å². The normalized spacial score (nSPS) is 10.9. The Morgan fingerprint density at radius 3 is 2.50 bits per heavy atom.